The molecule has 8 heteroatoms. The zero-order valence-corrected chi connectivity index (χ0v) is 11.4. The van der Waals surface area contributed by atoms with Gasteiger partial charge in [-0.05, 0) is 32.0 Å². The molecule has 0 aromatic carbocycles. The van der Waals surface area contributed by atoms with Gasteiger partial charge in [-0.2, -0.15) is 0 Å². The van der Waals surface area contributed by atoms with Gasteiger partial charge in [0.1, 0.15) is 5.76 Å². The fourth-order valence-corrected chi connectivity index (χ4v) is 1.84. The summed E-state index contributed by atoms with van der Waals surface area (Å²) in [5.74, 6) is 0.169. The van der Waals surface area contributed by atoms with Crippen LogP contribution in [0.25, 0.3) is 0 Å². The molecule has 0 unspecified atom stereocenters. The van der Waals surface area contributed by atoms with Crippen molar-refractivity contribution in [2.45, 2.75) is 25.9 Å². The fraction of sp³-hybridized carbons (Fsp3) is 0.545. The van der Waals surface area contributed by atoms with Gasteiger partial charge in [0.25, 0.3) is 5.91 Å². The molecule has 0 saturated carbocycles. The topological polar surface area (TPSA) is 88.4 Å². The van der Waals surface area contributed by atoms with Crippen LogP contribution in [0.2, 0.25) is 0 Å². The van der Waals surface area contributed by atoms with E-state index in [2.05, 4.69) is 21.3 Å². The van der Waals surface area contributed by atoms with E-state index >= 15 is 0 Å². The molecule has 2 rings (SSSR count). The summed E-state index contributed by atoms with van der Waals surface area (Å²) < 4.78 is 10.2. The van der Waals surface area contributed by atoms with Gasteiger partial charge in [0.2, 0.25) is 0 Å². The Morgan fingerprint density at radius 3 is 3.05 bits per heavy atom. The molecule has 0 spiro atoms. The van der Waals surface area contributed by atoms with Crippen LogP contribution in [0.1, 0.15) is 29.1 Å². The summed E-state index contributed by atoms with van der Waals surface area (Å²) >= 11 is 5.03. The molecule has 7 nitrogen and oxygen atoms in total. The summed E-state index contributed by atoms with van der Waals surface area (Å²) in [4.78, 5) is 11.6. The highest BCUT2D eigenvalue weighted by atomic mass is 32.1. The first-order valence-corrected chi connectivity index (χ1v) is 6.45. The summed E-state index contributed by atoms with van der Waals surface area (Å²) in [5.41, 5.74) is 5.23. The van der Waals surface area contributed by atoms with Crippen molar-refractivity contribution in [2.75, 3.05) is 13.2 Å². The van der Waals surface area contributed by atoms with Crippen molar-refractivity contribution < 1.29 is 14.1 Å². The average molecular weight is 284 g/mol. The molecule has 19 heavy (non-hydrogen) atoms. The molecule has 1 atom stereocenters. The van der Waals surface area contributed by atoms with Crippen molar-refractivity contribution in [3.05, 3.63) is 17.5 Å². The molecule has 1 aliphatic heterocycles. The Morgan fingerprint density at radius 1 is 1.58 bits per heavy atom. The third-order valence-electron chi connectivity index (χ3n) is 2.66. The SMILES string of the molecule is Cc1cc(C(=O)NNC(=S)NC[C@@H]2CCCO2)no1. The van der Waals surface area contributed by atoms with E-state index in [-0.39, 0.29) is 11.8 Å². The highest BCUT2D eigenvalue weighted by Crippen LogP contribution is 2.10. The highest BCUT2D eigenvalue weighted by Gasteiger charge is 2.15. The maximum Gasteiger partial charge on any atom is 0.291 e. The first kappa shape index (κ1) is 13.8. The summed E-state index contributed by atoms with van der Waals surface area (Å²) in [6, 6.07) is 1.54. The van der Waals surface area contributed by atoms with E-state index < -0.39 is 5.91 Å². The second-order valence-electron chi connectivity index (χ2n) is 4.25. The lowest BCUT2D eigenvalue weighted by atomic mass is 10.2. The number of carbonyl (C=O) groups excluding carboxylic acids is 1. The molecule has 2 heterocycles. The number of thiocarbonyl (C=S) groups is 1. The second-order valence-corrected chi connectivity index (χ2v) is 4.66. The van der Waals surface area contributed by atoms with Crippen LogP contribution in [-0.2, 0) is 4.74 Å². The van der Waals surface area contributed by atoms with Gasteiger partial charge in [-0.1, -0.05) is 5.16 Å². The molecule has 3 N–H and O–H groups in total. The number of nitrogens with zero attached hydrogens (tertiary/aromatic N) is 1. The first-order chi connectivity index (χ1) is 9.15. The predicted molar refractivity (Wildman–Crippen MR) is 71.4 cm³/mol. The molecule has 1 aromatic heterocycles. The third-order valence-corrected chi connectivity index (χ3v) is 2.91. The fourth-order valence-electron chi connectivity index (χ4n) is 1.71. The number of amides is 1. The van der Waals surface area contributed by atoms with E-state index in [1.54, 1.807) is 13.0 Å². The Balaban J connectivity index is 1.66. The van der Waals surface area contributed by atoms with E-state index in [1.807, 2.05) is 0 Å². The number of aromatic nitrogens is 1. The van der Waals surface area contributed by atoms with Crippen LogP contribution in [0.5, 0.6) is 0 Å². The van der Waals surface area contributed by atoms with Gasteiger partial charge >= 0.3 is 0 Å². The normalized spacial score (nSPS) is 18.1. The van der Waals surface area contributed by atoms with Crippen LogP contribution in [0.15, 0.2) is 10.6 Å². The summed E-state index contributed by atoms with van der Waals surface area (Å²) in [6.45, 7) is 3.14. The summed E-state index contributed by atoms with van der Waals surface area (Å²) in [5, 5.41) is 6.90. The lowest BCUT2D eigenvalue weighted by Crippen LogP contribution is -2.48. The molecule has 1 aromatic rings. The first-order valence-electron chi connectivity index (χ1n) is 6.04. The number of aryl methyl sites for hydroxylation is 1. The smallest absolute Gasteiger partial charge is 0.291 e. The Morgan fingerprint density at radius 2 is 2.42 bits per heavy atom. The molecule has 1 saturated heterocycles. The number of carbonyl (C=O) groups is 1. The zero-order valence-electron chi connectivity index (χ0n) is 10.6. The molecule has 0 radical (unpaired) electrons. The number of hydrazine groups is 1. The summed E-state index contributed by atoms with van der Waals surface area (Å²) in [7, 11) is 0. The predicted octanol–water partition coefficient (Wildman–Crippen LogP) is 0.271. The van der Waals surface area contributed by atoms with Crippen LogP contribution < -0.4 is 16.2 Å². The maximum atomic E-state index is 11.6. The van der Waals surface area contributed by atoms with Crippen molar-refractivity contribution in [3.8, 4) is 0 Å². The monoisotopic (exact) mass is 284 g/mol. The minimum atomic E-state index is -0.405. The van der Waals surface area contributed by atoms with Crippen LogP contribution in [-0.4, -0.2) is 35.4 Å². The minimum Gasteiger partial charge on any atom is -0.376 e. The molecule has 0 aliphatic carbocycles. The Labute approximate surface area is 116 Å². The molecule has 1 aliphatic rings. The Kier molecular flexibility index (Phi) is 4.69. The molecular formula is C11H16N4O3S. The van der Waals surface area contributed by atoms with Gasteiger partial charge in [0, 0.05) is 19.2 Å². The van der Waals surface area contributed by atoms with E-state index in [1.165, 1.54) is 0 Å². The van der Waals surface area contributed by atoms with E-state index in [9.17, 15) is 4.79 Å². The average Bonchev–Trinajstić information content (AvgIpc) is 3.04. The van der Waals surface area contributed by atoms with Gasteiger partial charge in [0.05, 0.1) is 6.10 Å². The molecule has 1 amide bonds. The van der Waals surface area contributed by atoms with Crippen molar-refractivity contribution in [2.24, 2.45) is 0 Å². The number of hydrogen-bond acceptors (Lipinski definition) is 5. The standard InChI is InChI=1S/C11H16N4O3S/c1-7-5-9(15-18-7)10(16)13-14-11(19)12-6-8-3-2-4-17-8/h5,8H,2-4,6H2,1H3,(H,13,16)(H2,12,14,19)/t8-/m0/s1. The molecule has 1 fully saturated rings. The molecule has 104 valence electrons. The second kappa shape index (κ2) is 6.48. The number of nitrogens with one attached hydrogen (secondary N) is 3. The van der Waals surface area contributed by atoms with Gasteiger partial charge in [-0.15, -0.1) is 0 Å². The van der Waals surface area contributed by atoms with E-state index in [0.717, 1.165) is 19.4 Å². The molecule has 0 bridgehead atoms. The third kappa shape index (κ3) is 4.18. The number of rotatable bonds is 3. The molecular weight excluding hydrogens is 268 g/mol. The van der Waals surface area contributed by atoms with Crippen LogP contribution in [0.3, 0.4) is 0 Å². The van der Waals surface area contributed by atoms with Gasteiger partial charge in [-0.3, -0.25) is 15.6 Å². The van der Waals surface area contributed by atoms with Crippen molar-refractivity contribution in [1.82, 2.24) is 21.3 Å². The highest BCUT2D eigenvalue weighted by molar-refractivity contribution is 7.80. The minimum absolute atomic E-state index is 0.189. The maximum absolute atomic E-state index is 11.6. The number of ether oxygens (including phenoxy) is 1. The van der Waals surface area contributed by atoms with E-state index in [4.69, 9.17) is 21.5 Å². The van der Waals surface area contributed by atoms with Gasteiger partial charge in [-0.25, -0.2) is 0 Å². The number of hydrogen-bond donors (Lipinski definition) is 3. The van der Waals surface area contributed by atoms with E-state index in [0.29, 0.717) is 17.4 Å². The van der Waals surface area contributed by atoms with Gasteiger partial charge in [0.15, 0.2) is 10.8 Å². The van der Waals surface area contributed by atoms with Crippen LogP contribution in [0, 0.1) is 6.92 Å². The zero-order chi connectivity index (χ0) is 13.7. The lowest BCUT2D eigenvalue weighted by Gasteiger charge is -2.13. The van der Waals surface area contributed by atoms with Crippen molar-refractivity contribution in [3.63, 3.8) is 0 Å². The lowest BCUT2D eigenvalue weighted by molar-refractivity contribution is 0.0934. The Bertz CT molecular complexity index is 457. The van der Waals surface area contributed by atoms with Crippen LogP contribution >= 0.6 is 12.2 Å². The van der Waals surface area contributed by atoms with Crippen molar-refractivity contribution in [1.29, 1.82) is 0 Å². The van der Waals surface area contributed by atoms with Gasteiger partial charge < -0.3 is 14.6 Å². The van der Waals surface area contributed by atoms with Crippen molar-refractivity contribution >= 4 is 23.2 Å². The largest absolute Gasteiger partial charge is 0.376 e. The quantitative estimate of drug-likeness (QED) is 0.542. The summed E-state index contributed by atoms with van der Waals surface area (Å²) in [6.07, 6.45) is 2.29. The Hall–Kier alpha value is -1.67. The van der Waals surface area contributed by atoms with Crippen LogP contribution in [0.4, 0.5) is 0 Å².